The summed E-state index contributed by atoms with van der Waals surface area (Å²) in [5, 5.41) is 0.0462. The molecular formula is C26H25ClF2. The fourth-order valence-electron chi connectivity index (χ4n) is 4.25. The lowest BCUT2D eigenvalue weighted by atomic mass is 9.98. The highest BCUT2D eigenvalue weighted by Crippen LogP contribution is 2.40. The first-order valence-electron chi connectivity index (χ1n) is 10.5. The number of benzene rings is 3. The zero-order chi connectivity index (χ0) is 20.4. The van der Waals surface area contributed by atoms with Gasteiger partial charge in [-0.3, -0.25) is 0 Å². The molecule has 0 aromatic heterocycles. The quantitative estimate of drug-likeness (QED) is 0.268. The first-order chi connectivity index (χ1) is 14.1. The molecule has 0 N–H and O–H groups in total. The van der Waals surface area contributed by atoms with Gasteiger partial charge in [0.15, 0.2) is 0 Å². The lowest BCUT2D eigenvalue weighted by Gasteiger charge is -2.09. The molecule has 3 aromatic carbocycles. The molecular weight excluding hydrogens is 386 g/mol. The van der Waals surface area contributed by atoms with Gasteiger partial charge in [0.2, 0.25) is 0 Å². The van der Waals surface area contributed by atoms with Crippen molar-refractivity contribution in [3.8, 4) is 22.3 Å². The van der Waals surface area contributed by atoms with Crippen LogP contribution in [0.4, 0.5) is 8.78 Å². The van der Waals surface area contributed by atoms with Gasteiger partial charge < -0.3 is 0 Å². The van der Waals surface area contributed by atoms with Crippen molar-refractivity contribution in [2.24, 2.45) is 0 Å². The number of halogens is 3. The van der Waals surface area contributed by atoms with Crippen molar-refractivity contribution >= 4 is 11.6 Å². The van der Waals surface area contributed by atoms with E-state index in [2.05, 4.69) is 25.1 Å². The van der Waals surface area contributed by atoms with E-state index in [0.29, 0.717) is 11.1 Å². The Labute approximate surface area is 176 Å². The largest absolute Gasteiger partial charge is 0.206 e. The number of hydrogen-bond donors (Lipinski definition) is 0. The molecule has 0 fully saturated rings. The SMILES string of the molecule is CCCCCCCc1ccc2c(c1)Cc1cc(-c3ccc(Cl)c(F)c3)c(F)cc1-2. The molecule has 0 radical (unpaired) electrons. The molecule has 0 amide bonds. The van der Waals surface area contributed by atoms with Crippen molar-refractivity contribution in [1.82, 2.24) is 0 Å². The third-order valence-electron chi connectivity index (χ3n) is 5.83. The summed E-state index contributed by atoms with van der Waals surface area (Å²) in [6, 6.07) is 14.5. The van der Waals surface area contributed by atoms with Crippen LogP contribution in [-0.4, -0.2) is 0 Å². The van der Waals surface area contributed by atoms with Gasteiger partial charge in [-0.25, -0.2) is 8.78 Å². The van der Waals surface area contributed by atoms with Crippen LogP contribution >= 0.6 is 11.6 Å². The van der Waals surface area contributed by atoms with E-state index in [9.17, 15) is 8.78 Å². The minimum atomic E-state index is -0.532. The Bertz CT molecular complexity index is 1040. The van der Waals surface area contributed by atoms with Crippen LogP contribution in [-0.2, 0) is 12.8 Å². The average molecular weight is 411 g/mol. The lowest BCUT2D eigenvalue weighted by Crippen LogP contribution is -1.90. The van der Waals surface area contributed by atoms with Crippen molar-refractivity contribution in [2.75, 3.05) is 0 Å². The van der Waals surface area contributed by atoms with Crippen LogP contribution in [0, 0.1) is 11.6 Å². The minimum absolute atomic E-state index is 0.0462. The predicted octanol–water partition coefficient (Wildman–Crippen LogP) is 8.37. The van der Waals surface area contributed by atoms with Gasteiger partial charge in [-0.2, -0.15) is 0 Å². The van der Waals surface area contributed by atoms with E-state index in [1.807, 2.05) is 6.07 Å². The Kier molecular flexibility index (Phi) is 6.01. The van der Waals surface area contributed by atoms with Gasteiger partial charge in [0, 0.05) is 5.56 Å². The second-order valence-electron chi connectivity index (χ2n) is 7.95. The van der Waals surface area contributed by atoms with Gasteiger partial charge >= 0.3 is 0 Å². The Morgan fingerprint density at radius 1 is 0.759 bits per heavy atom. The summed E-state index contributed by atoms with van der Waals surface area (Å²) in [6.45, 7) is 2.23. The highest BCUT2D eigenvalue weighted by atomic mass is 35.5. The van der Waals surface area contributed by atoms with E-state index in [4.69, 9.17) is 11.6 Å². The molecule has 0 spiro atoms. The standard InChI is InChI=1S/C26H25ClF2/c1-2-3-4-5-6-7-17-8-10-21-19(12-17)13-20-14-23(25(28)16-22(20)21)18-9-11-24(27)26(29)15-18/h8-12,14-16H,2-7,13H2,1H3. The molecule has 0 saturated carbocycles. The molecule has 0 unspecified atom stereocenters. The summed E-state index contributed by atoms with van der Waals surface area (Å²) >= 11 is 5.77. The van der Waals surface area contributed by atoms with Crippen molar-refractivity contribution in [1.29, 1.82) is 0 Å². The molecule has 150 valence electrons. The number of unbranched alkanes of at least 4 members (excludes halogenated alkanes) is 4. The first kappa shape index (κ1) is 20.1. The molecule has 3 aromatic rings. The molecule has 0 aliphatic heterocycles. The van der Waals surface area contributed by atoms with Gasteiger partial charge in [-0.05, 0) is 76.9 Å². The van der Waals surface area contributed by atoms with Crippen LogP contribution < -0.4 is 0 Å². The number of rotatable bonds is 7. The van der Waals surface area contributed by atoms with Crippen LogP contribution in [0.3, 0.4) is 0 Å². The van der Waals surface area contributed by atoms with Crippen molar-refractivity contribution in [3.05, 3.63) is 81.9 Å². The molecule has 29 heavy (non-hydrogen) atoms. The van der Waals surface area contributed by atoms with Crippen LogP contribution in [0.5, 0.6) is 0 Å². The summed E-state index contributed by atoms with van der Waals surface area (Å²) in [5.74, 6) is -0.866. The van der Waals surface area contributed by atoms with Crippen molar-refractivity contribution in [3.63, 3.8) is 0 Å². The maximum atomic E-state index is 14.8. The highest BCUT2D eigenvalue weighted by Gasteiger charge is 2.22. The van der Waals surface area contributed by atoms with E-state index in [1.165, 1.54) is 55.4 Å². The monoisotopic (exact) mass is 410 g/mol. The van der Waals surface area contributed by atoms with Crippen LogP contribution in [0.25, 0.3) is 22.3 Å². The summed E-state index contributed by atoms with van der Waals surface area (Å²) in [4.78, 5) is 0. The maximum absolute atomic E-state index is 14.8. The maximum Gasteiger partial charge on any atom is 0.142 e. The number of fused-ring (bicyclic) bond motifs is 3. The molecule has 4 rings (SSSR count). The van der Waals surface area contributed by atoms with E-state index >= 15 is 0 Å². The normalized spacial score (nSPS) is 12.1. The van der Waals surface area contributed by atoms with Crippen molar-refractivity contribution < 1.29 is 8.78 Å². The Morgan fingerprint density at radius 2 is 1.55 bits per heavy atom. The third-order valence-corrected chi connectivity index (χ3v) is 6.14. The number of hydrogen-bond acceptors (Lipinski definition) is 0. The van der Waals surface area contributed by atoms with Crippen LogP contribution in [0.1, 0.15) is 55.7 Å². The Morgan fingerprint density at radius 3 is 2.34 bits per heavy atom. The molecule has 1 aliphatic rings. The molecule has 0 heterocycles. The van der Waals surface area contributed by atoms with Gasteiger partial charge in [-0.1, -0.05) is 68.5 Å². The van der Waals surface area contributed by atoms with E-state index in [-0.39, 0.29) is 10.8 Å². The molecule has 0 nitrogen and oxygen atoms in total. The molecule has 0 atom stereocenters. The van der Waals surface area contributed by atoms with Crippen LogP contribution in [0.15, 0.2) is 48.5 Å². The minimum Gasteiger partial charge on any atom is -0.206 e. The fraction of sp³-hybridized carbons (Fsp3) is 0.308. The van der Waals surface area contributed by atoms with Crippen LogP contribution in [0.2, 0.25) is 5.02 Å². The highest BCUT2D eigenvalue weighted by molar-refractivity contribution is 6.30. The van der Waals surface area contributed by atoms with Crippen molar-refractivity contribution in [2.45, 2.75) is 51.9 Å². The fourth-order valence-corrected chi connectivity index (χ4v) is 4.37. The molecule has 1 aliphatic carbocycles. The molecule has 3 heteroatoms. The number of aryl methyl sites for hydroxylation is 1. The van der Waals surface area contributed by atoms with E-state index < -0.39 is 5.82 Å². The summed E-state index contributed by atoms with van der Waals surface area (Å²) < 4.78 is 28.7. The third kappa shape index (κ3) is 4.23. The zero-order valence-electron chi connectivity index (χ0n) is 16.7. The van der Waals surface area contributed by atoms with Gasteiger partial charge in [-0.15, -0.1) is 0 Å². The lowest BCUT2D eigenvalue weighted by molar-refractivity contribution is 0.625. The van der Waals surface area contributed by atoms with E-state index in [0.717, 1.165) is 29.5 Å². The predicted molar refractivity (Wildman–Crippen MR) is 118 cm³/mol. The molecule has 0 bridgehead atoms. The first-order valence-corrected chi connectivity index (χ1v) is 10.8. The second kappa shape index (κ2) is 8.67. The summed E-state index contributed by atoms with van der Waals surface area (Å²) in [7, 11) is 0. The molecule has 0 saturated heterocycles. The average Bonchev–Trinajstić information content (AvgIpc) is 3.06. The smallest absolute Gasteiger partial charge is 0.142 e. The van der Waals surface area contributed by atoms with Gasteiger partial charge in [0.25, 0.3) is 0 Å². The summed E-state index contributed by atoms with van der Waals surface area (Å²) in [6.07, 6.45) is 8.25. The van der Waals surface area contributed by atoms with E-state index in [1.54, 1.807) is 12.1 Å². The van der Waals surface area contributed by atoms with Gasteiger partial charge in [0.05, 0.1) is 5.02 Å². The topological polar surface area (TPSA) is 0 Å². The summed E-state index contributed by atoms with van der Waals surface area (Å²) in [5.41, 5.74) is 6.69. The Balaban J connectivity index is 1.56. The zero-order valence-corrected chi connectivity index (χ0v) is 17.5. The Hall–Kier alpha value is -2.19. The second-order valence-corrected chi connectivity index (χ2v) is 8.36. The van der Waals surface area contributed by atoms with Gasteiger partial charge in [0.1, 0.15) is 11.6 Å².